The number of anilines is 1. The van der Waals surface area contributed by atoms with E-state index in [2.05, 4.69) is 10.3 Å². The first-order valence-electron chi connectivity index (χ1n) is 6.09. The molecule has 2 rings (SSSR count). The molecule has 0 fully saturated rings. The van der Waals surface area contributed by atoms with Gasteiger partial charge in [0.25, 0.3) is 0 Å². The molecule has 0 bridgehead atoms. The summed E-state index contributed by atoms with van der Waals surface area (Å²) in [5, 5.41) is 13.8. The molecule has 0 aliphatic rings. The highest BCUT2D eigenvalue weighted by atomic mass is 32.1. The Kier molecular flexibility index (Phi) is 4.14. The fraction of sp³-hybridized carbons (Fsp3) is 0.333. The lowest BCUT2D eigenvalue weighted by molar-refractivity contribution is -0.401. The Morgan fingerprint density at radius 3 is 2.80 bits per heavy atom. The first kappa shape index (κ1) is 14.2. The fourth-order valence-corrected chi connectivity index (χ4v) is 2.62. The fourth-order valence-electron chi connectivity index (χ4n) is 1.59. The van der Waals surface area contributed by atoms with Crippen LogP contribution in [0.1, 0.15) is 26.0 Å². The topological polar surface area (TPSA) is 98.3 Å². The largest absolute Gasteiger partial charge is 0.433 e. The van der Waals surface area contributed by atoms with Crippen LogP contribution < -0.4 is 5.32 Å². The van der Waals surface area contributed by atoms with Crippen LogP contribution >= 0.6 is 11.3 Å². The average molecular weight is 295 g/mol. The summed E-state index contributed by atoms with van der Waals surface area (Å²) in [5.74, 6) is -0.0453. The third kappa shape index (κ3) is 2.85. The van der Waals surface area contributed by atoms with Crippen molar-refractivity contribution in [3.05, 3.63) is 27.9 Å². The average Bonchev–Trinajstić information content (AvgIpc) is 3.04. The van der Waals surface area contributed by atoms with Crippen LogP contribution in [0, 0.1) is 10.1 Å². The lowest BCUT2D eigenvalue weighted by Crippen LogP contribution is -2.08. The smallest absolute Gasteiger partial charge is 0.400 e. The zero-order chi connectivity index (χ0) is 14.7. The Morgan fingerprint density at radius 2 is 2.25 bits per heavy atom. The van der Waals surface area contributed by atoms with Crippen LogP contribution in [0.15, 0.2) is 16.5 Å². The van der Waals surface area contributed by atoms with Gasteiger partial charge in [-0.2, -0.15) is 0 Å². The van der Waals surface area contributed by atoms with Gasteiger partial charge >= 0.3 is 5.88 Å². The molecule has 0 aliphatic carbocycles. The maximum Gasteiger partial charge on any atom is 0.433 e. The van der Waals surface area contributed by atoms with Gasteiger partial charge in [0.2, 0.25) is 5.91 Å². The summed E-state index contributed by atoms with van der Waals surface area (Å²) in [6.07, 6.45) is 1.00. The Bertz CT molecular complexity index is 647. The first-order valence-corrected chi connectivity index (χ1v) is 6.91. The van der Waals surface area contributed by atoms with E-state index in [4.69, 9.17) is 4.42 Å². The summed E-state index contributed by atoms with van der Waals surface area (Å²) in [7, 11) is 0. The van der Waals surface area contributed by atoms with Crippen molar-refractivity contribution in [2.75, 3.05) is 5.32 Å². The Hall–Kier alpha value is -2.22. The minimum Gasteiger partial charge on any atom is -0.400 e. The van der Waals surface area contributed by atoms with Crippen molar-refractivity contribution < 1.29 is 14.1 Å². The molecule has 0 saturated heterocycles. The number of hydrogen-bond acceptors (Lipinski definition) is 6. The van der Waals surface area contributed by atoms with Crippen LogP contribution in [0.2, 0.25) is 0 Å². The molecule has 0 radical (unpaired) electrons. The van der Waals surface area contributed by atoms with Gasteiger partial charge in [-0.05, 0) is 12.5 Å². The number of nitrogens with one attached hydrogen (secondary N) is 1. The van der Waals surface area contributed by atoms with Crippen molar-refractivity contribution >= 4 is 28.3 Å². The summed E-state index contributed by atoms with van der Waals surface area (Å²) in [6.45, 7) is 3.67. The van der Waals surface area contributed by atoms with Crippen molar-refractivity contribution in [2.45, 2.75) is 26.7 Å². The number of furan rings is 1. The minimum absolute atomic E-state index is 0.127. The molecular formula is C12H13N3O4S. The molecule has 106 valence electrons. The van der Waals surface area contributed by atoms with E-state index < -0.39 is 4.92 Å². The van der Waals surface area contributed by atoms with E-state index in [1.54, 1.807) is 6.92 Å². The molecule has 20 heavy (non-hydrogen) atoms. The van der Waals surface area contributed by atoms with Gasteiger partial charge in [-0.25, -0.2) is 4.98 Å². The normalized spacial score (nSPS) is 10.5. The summed E-state index contributed by atoms with van der Waals surface area (Å²) in [5.41, 5.74) is 0.741. The van der Waals surface area contributed by atoms with E-state index in [0.717, 1.165) is 5.69 Å². The van der Waals surface area contributed by atoms with Gasteiger partial charge in [0, 0.05) is 6.42 Å². The van der Waals surface area contributed by atoms with Gasteiger partial charge in [-0.15, -0.1) is 0 Å². The van der Waals surface area contributed by atoms with Crippen LogP contribution in [0.5, 0.6) is 0 Å². The number of carbonyl (C=O) groups excluding carboxylic acids is 1. The molecule has 0 aromatic carbocycles. The SMILES string of the molecule is CCC(=O)Nc1nc(CC)c(-c2ccc([N+](=O)[O-])o2)s1. The molecule has 0 saturated carbocycles. The quantitative estimate of drug-likeness (QED) is 0.674. The Balaban J connectivity index is 2.34. The van der Waals surface area contributed by atoms with Crippen molar-refractivity contribution in [2.24, 2.45) is 0 Å². The van der Waals surface area contributed by atoms with Crippen LogP contribution in [0.4, 0.5) is 11.0 Å². The zero-order valence-corrected chi connectivity index (χ0v) is 11.8. The lowest BCUT2D eigenvalue weighted by Gasteiger charge is -1.95. The molecule has 2 aromatic heterocycles. The predicted octanol–water partition coefficient (Wildman–Crippen LogP) is 3.22. The number of hydrogen-bond donors (Lipinski definition) is 1. The predicted molar refractivity (Wildman–Crippen MR) is 74.8 cm³/mol. The highest BCUT2D eigenvalue weighted by Crippen LogP contribution is 2.36. The third-order valence-corrected chi connectivity index (χ3v) is 3.62. The van der Waals surface area contributed by atoms with Gasteiger partial charge in [-0.3, -0.25) is 14.9 Å². The molecule has 0 atom stereocenters. The van der Waals surface area contributed by atoms with Crippen LogP contribution in [0.3, 0.4) is 0 Å². The molecule has 0 spiro atoms. The summed E-state index contributed by atoms with van der Waals surface area (Å²) >= 11 is 1.25. The Morgan fingerprint density at radius 1 is 1.50 bits per heavy atom. The molecule has 2 aromatic rings. The second-order valence-electron chi connectivity index (χ2n) is 3.95. The van der Waals surface area contributed by atoms with Gasteiger partial charge in [0.05, 0.1) is 16.6 Å². The van der Waals surface area contributed by atoms with E-state index >= 15 is 0 Å². The monoisotopic (exact) mass is 295 g/mol. The van der Waals surface area contributed by atoms with Crippen LogP contribution in [0.25, 0.3) is 10.6 Å². The third-order valence-electron chi connectivity index (χ3n) is 2.60. The second kappa shape index (κ2) is 5.83. The van der Waals surface area contributed by atoms with Gasteiger partial charge in [-0.1, -0.05) is 25.2 Å². The number of carbonyl (C=O) groups is 1. The number of aromatic nitrogens is 1. The van der Waals surface area contributed by atoms with Crippen molar-refractivity contribution in [1.29, 1.82) is 0 Å². The number of aryl methyl sites for hydroxylation is 1. The second-order valence-corrected chi connectivity index (χ2v) is 4.94. The lowest BCUT2D eigenvalue weighted by atomic mass is 10.2. The van der Waals surface area contributed by atoms with Crippen LogP contribution in [-0.4, -0.2) is 15.8 Å². The molecular weight excluding hydrogens is 282 g/mol. The molecule has 0 aliphatic heterocycles. The molecule has 8 heteroatoms. The number of nitrogens with zero attached hydrogens (tertiary/aromatic N) is 2. The van der Waals surface area contributed by atoms with Gasteiger partial charge in [0.1, 0.15) is 4.92 Å². The van der Waals surface area contributed by atoms with E-state index in [9.17, 15) is 14.9 Å². The van der Waals surface area contributed by atoms with E-state index in [1.165, 1.54) is 23.5 Å². The first-order chi connectivity index (χ1) is 9.55. The van der Waals surface area contributed by atoms with E-state index in [-0.39, 0.29) is 11.8 Å². The molecule has 0 unspecified atom stereocenters. The highest BCUT2D eigenvalue weighted by Gasteiger charge is 2.19. The minimum atomic E-state index is -0.587. The maximum absolute atomic E-state index is 11.4. The van der Waals surface area contributed by atoms with E-state index in [0.29, 0.717) is 28.6 Å². The Labute approximate surface area is 118 Å². The number of thiazole rings is 1. The van der Waals surface area contributed by atoms with Crippen molar-refractivity contribution in [3.63, 3.8) is 0 Å². The number of rotatable bonds is 5. The van der Waals surface area contributed by atoms with Crippen molar-refractivity contribution in [1.82, 2.24) is 4.98 Å². The molecule has 7 nitrogen and oxygen atoms in total. The van der Waals surface area contributed by atoms with Crippen LogP contribution in [-0.2, 0) is 11.2 Å². The van der Waals surface area contributed by atoms with Gasteiger partial charge in [0.15, 0.2) is 10.9 Å². The zero-order valence-electron chi connectivity index (χ0n) is 11.0. The summed E-state index contributed by atoms with van der Waals surface area (Å²) < 4.78 is 5.18. The van der Waals surface area contributed by atoms with E-state index in [1.807, 2.05) is 6.92 Å². The number of nitro groups is 1. The molecule has 1 N–H and O–H groups in total. The summed E-state index contributed by atoms with van der Waals surface area (Å²) in [4.78, 5) is 26.4. The van der Waals surface area contributed by atoms with Gasteiger partial charge < -0.3 is 9.73 Å². The molecule has 2 heterocycles. The molecule has 1 amide bonds. The number of amides is 1. The summed E-state index contributed by atoms with van der Waals surface area (Å²) in [6, 6.07) is 2.84. The maximum atomic E-state index is 11.4. The standard InChI is InChI=1S/C12H13N3O4S/c1-3-7-11(8-5-6-10(19-8)15(17)18)20-12(13-7)14-9(16)4-2/h5-6H,3-4H2,1-2H3,(H,13,14,16). The highest BCUT2D eigenvalue weighted by molar-refractivity contribution is 7.19. The van der Waals surface area contributed by atoms with Crippen molar-refractivity contribution in [3.8, 4) is 10.6 Å².